The van der Waals surface area contributed by atoms with Gasteiger partial charge in [0, 0.05) is 37.4 Å². The van der Waals surface area contributed by atoms with Crippen molar-refractivity contribution in [1.82, 2.24) is 9.55 Å². The number of imidazole rings is 1. The standard InChI is InChI=1S/C14H18BrN3/c1-2-17-11-9-16-14(17)18(10-8-15)12-13-6-4-3-5-7-13/h3-7,9,11H,2,8,10,12H2,1H3. The number of anilines is 1. The molecule has 18 heavy (non-hydrogen) atoms. The predicted octanol–water partition coefficient (Wildman–Crippen LogP) is 3.30. The number of hydrogen-bond donors (Lipinski definition) is 0. The van der Waals surface area contributed by atoms with Crippen LogP contribution in [0.5, 0.6) is 0 Å². The molecule has 0 amide bonds. The molecule has 0 saturated carbocycles. The summed E-state index contributed by atoms with van der Waals surface area (Å²) in [6.07, 6.45) is 3.90. The molecule has 0 radical (unpaired) electrons. The average Bonchev–Trinajstić information content (AvgIpc) is 2.87. The highest BCUT2D eigenvalue weighted by molar-refractivity contribution is 9.09. The van der Waals surface area contributed by atoms with Crippen LogP contribution in [0.2, 0.25) is 0 Å². The monoisotopic (exact) mass is 307 g/mol. The van der Waals surface area contributed by atoms with E-state index in [0.717, 1.165) is 30.9 Å². The Balaban J connectivity index is 2.18. The second-order valence-electron chi connectivity index (χ2n) is 4.11. The number of alkyl halides is 1. The average molecular weight is 308 g/mol. The van der Waals surface area contributed by atoms with Gasteiger partial charge in [0.15, 0.2) is 0 Å². The van der Waals surface area contributed by atoms with Crippen molar-refractivity contribution in [2.75, 3.05) is 16.8 Å². The summed E-state index contributed by atoms with van der Waals surface area (Å²) in [6, 6.07) is 10.5. The van der Waals surface area contributed by atoms with Crippen LogP contribution in [0.1, 0.15) is 12.5 Å². The molecule has 0 aliphatic heterocycles. The molecule has 2 aromatic rings. The summed E-state index contributed by atoms with van der Waals surface area (Å²) in [5.74, 6) is 1.04. The van der Waals surface area contributed by atoms with E-state index in [4.69, 9.17) is 0 Å². The fourth-order valence-electron chi connectivity index (χ4n) is 1.99. The first-order valence-corrected chi connectivity index (χ1v) is 7.33. The van der Waals surface area contributed by atoms with Gasteiger partial charge in [-0.05, 0) is 12.5 Å². The van der Waals surface area contributed by atoms with Gasteiger partial charge >= 0.3 is 0 Å². The van der Waals surface area contributed by atoms with Crippen molar-refractivity contribution < 1.29 is 0 Å². The van der Waals surface area contributed by atoms with Gasteiger partial charge in [0.2, 0.25) is 5.95 Å². The Kier molecular flexibility index (Phi) is 4.81. The number of aromatic nitrogens is 2. The van der Waals surface area contributed by atoms with E-state index in [-0.39, 0.29) is 0 Å². The van der Waals surface area contributed by atoms with Gasteiger partial charge in [-0.1, -0.05) is 46.3 Å². The number of hydrogen-bond acceptors (Lipinski definition) is 2. The Bertz CT molecular complexity index is 467. The first kappa shape index (κ1) is 13.1. The lowest BCUT2D eigenvalue weighted by atomic mass is 10.2. The highest BCUT2D eigenvalue weighted by atomic mass is 79.9. The highest BCUT2D eigenvalue weighted by Gasteiger charge is 2.11. The lowest BCUT2D eigenvalue weighted by molar-refractivity contribution is 0.703. The van der Waals surface area contributed by atoms with E-state index in [2.05, 4.69) is 61.6 Å². The van der Waals surface area contributed by atoms with Gasteiger partial charge in [-0.2, -0.15) is 0 Å². The number of nitrogens with zero attached hydrogens (tertiary/aromatic N) is 3. The molecular weight excluding hydrogens is 290 g/mol. The Labute approximate surface area is 117 Å². The third kappa shape index (κ3) is 3.13. The molecule has 2 rings (SSSR count). The van der Waals surface area contributed by atoms with E-state index >= 15 is 0 Å². The number of rotatable bonds is 6. The number of benzene rings is 1. The van der Waals surface area contributed by atoms with E-state index in [0.29, 0.717) is 0 Å². The van der Waals surface area contributed by atoms with Crippen LogP contribution >= 0.6 is 15.9 Å². The molecule has 96 valence electrons. The Morgan fingerprint density at radius 3 is 2.72 bits per heavy atom. The molecule has 0 bridgehead atoms. The van der Waals surface area contributed by atoms with Crippen molar-refractivity contribution in [3.63, 3.8) is 0 Å². The van der Waals surface area contributed by atoms with Crippen LogP contribution in [-0.4, -0.2) is 21.4 Å². The van der Waals surface area contributed by atoms with Gasteiger partial charge < -0.3 is 9.47 Å². The van der Waals surface area contributed by atoms with Crippen molar-refractivity contribution in [2.24, 2.45) is 0 Å². The molecule has 0 unspecified atom stereocenters. The predicted molar refractivity (Wildman–Crippen MR) is 79.2 cm³/mol. The summed E-state index contributed by atoms with van der Waals surface area (Å²) in [4.78, 5) is 6.77. The second-order valence-corrected chi connectivity index (χ2v) is 4.90. The molecule has 0 aliphatic rings. The summed E-state index contributed by atoms with van der Waals surface area (Å²) in [5.41, 5.74) is 1.31. The molecule has 0 saturated heterocycles. The zero-order valence-corrected chi connectivity index (χ0v) is 12.2. The zero-order valence-electron chi connectivity index (χ0n) is 10.6. The van der Waals surface area contributed by atoms with Gasteiger partial charge in [-0.3, -0.25) is 0 Å². The first-order valence-electron chi connectivity index (χ1n) is 6.21. The minimum absolute atomic E-state index is 0.892. The zero-order chi connectivity index (χ0) is 12.8. The number of halogens is 1. The van der Waals surface area contributed by atoms with Crippen LogP contribution in [0.4, 0.5) is 5.95 Å². The Morgan fingerprint density at radius 1 is 1.28 bits per heavy atom. The topological polar surface area (TPSA) is 21.1 Å². The third-order valence-electron chi connectivity index (χ3n) is 2.89. The van der Waals surface area contributed by atoms with Crippen molar-refractivity contribution in [3.8, 4) is 0 Å². The summed E-state index contributed by atoms with van der Waals surface area (Å²) in [5, 5.41) is 0.941. The minimum Gasteiger partial charge on any atom is -0.337 e. The van der Waals surface area contributed by atoms with Crippen LogP contribution in [0, 0.1) is 0 Å². The summed E-state index contributed by atoms with van der Waals surface area (Å²) in [7, 11) is 0. The molecule has 1 aromatic carbocycles. The Hall–Kier alpha value is -1.29. The van der Waals surface area contributed by atoms with Gasteiger partial charge in [0.25, 0.3) is 0 Å². The van der Waals surface area contributed by atoms with Crippen molar-refractivity contribution in [3.05, 3.63) is 48.3 Å². The Morgan fingerprint density at radius 2 is 2.06 bits per heavy atom. The van der Waals surface area contributed by atoms with E-state index in [1.54, 1.807) is 0 Å². The lowest BCUT2D eigenvalue weighted by Crippen LogP contribution is -2.27. The largest absolute Gasteiger partial charge is 0.337 e. The molecule has 4 heteroatoms. The van der Waals surface area contributed by atoms with Crippen LogP contribution in [0.15, 0.2) is 42.7 Å². The number of aryl methyl sites for hydroxylation is 1. The van der Waals surface area contributed by atoms with Gasteiger partial charge in [0.1, 0.15) is 0 Å². The van der Waals surface area contributed by atoms with Crippen LogP contribution in [-0.2, 0) is 13.1 Å². The highest BCUT2D eigenvalue weighted by Crippen LogP contribution is 2.15. The summed E-state index contributed by atoms with van der Waals surface area (Å²) < 4.78 is 2.17. The van der Waals surface area contributed by atoms with E-state index in [1.165, 1.54) is 5.56 Å². The molecule has 0 spiro atoms. The molecule has 0 fully saturated rings. The fourth-order valence-corrected chi connectivity index (χ4v) is 2.42. The van der Waals surface area contributed by atoms with E-state index < -0.39 is 0 Å². The molecule has 0 atom stereocenters. The van der Waals surface area contributed by atoms with Crippen molar-refractivity contribution in [1.29, 1.82) is 0 Å². The maximum absolute atomic E-state index is 4.47. The quantitative estimate of drug-likeness (QED) is 0.764. The third-order valence-corrected chi connectivity index (χ3v) is 3.24. The summed E-state index contributed by atoms with van der Waals surface area (Å²) in [6.45, 7) is 4.93. The summed E-state index contributed by atoms with van der Waals surface area (Å²) >= 11 is 3.52. The van der Waals surface area contributed by atoms with Gasteiger partial charge in [-0.15, -0.1) is 0 Å². The van der Waals surface area contributed by atoms with E-state index in [1.807, 2.05) is 18.5 Å². The molecule has 0 N–H and O–H groups in total. The van der Waals surface area contributed by atoms with E-state index in [9.17, 15) is 0 Å². The second kappa shape index (κ2) is 6.59. The lowest BCUT2D eigenvalue weighted by Gasteiger charge is -2.23. The van der Waals surface area contributed by atoms with Gasteiger partial charge in [0.05, 0.1) is 0 Å². The molecule has 0 aliphatic carbocycles. The van der Waals surface area contributed by atoms with Gasteiger partial charge in [-0.25, -0.2) is 4.98 Å². The molecule has 3 nitrogen and oxygen atoms in total. The maximum atomic E-state index is 4.47. The minimum atomic E-state index is 0.892. The molecule has 1 heterocycles. The fraction of sp³-hybridized carbons (Fsp3) is 0.357. The first-order chi connectivity index (χ1) is 8.85. The van der Waals surface area contributed by atoms with Crippen molar-refractivity contribution in [2.45, 2.75) is 20.0 Å². The molecule has 1 aromatic heterocycles. The normalized spacial score (nSPS) is 10.6. The van der Waals surface area contributed by atoms with Crippen LogP contribution in [0.25, 0.3) is 0 Å². The SMILES string of the molecule is CCn1ccnc1N(CCBr)Cc1ccccc1. The smallest absolute Gasteiger partial charge is 0.205 e. The van der Waals surface area contributed by atoms with Crippen molar-refractivity contribution >= 4 is 21.9 Å². The van der Waals surface area contributed by atoms with Crippen LogP contribution < -0.4 is 4.90 Å². The maximum Gasteiger partial charge on any atom is 0.205 e. The van der Waals surface area contributed by atoms with Crippen LogP contribution in [0.3, 0.4) is 0 Å². The molecular formula is C14H18BrN3.